The summed E-state index contributed by atoms with van der Waals surface area (Å²) in [4.78, 5) is 19.4. The van der Waals surface area contributed by atoms with Gasteiger partial charge in [0, 0.05) is 25.3 Å². The summed E-state index contributed by atoms with van der Waals surface area (Å²) in [5, 5.41) is 0. The number of benzene rings is 1. The summed E-state index contributed by atoms with van der Waals surface area (Å²) in [6.07, 6.45) is 3.56. The van der Waals surface area contributed by atoms with Crippen LogP contribution in [0.3, 0.4) is 0 Å². The molecule has 4 heteroatoms. The fraction of sp³-hybridized carbons (Fsp3) is 0.632. The molecule has 2 aliphatic heterocycles. The molecule has 2 heterocycles. The number of para-hydroxylation sites is 1. The summed E-state index contributed by atoms with van der Waals surface area (Å²) in [7, 11) is 2.10. The third-order valence-corrected chi connectivity index (χ3v) is 5.42. The molecule has 2 saturated heterocycles. The molecule has 1 aromatic rings. The van der Waals surface area contributed by atoms with Crippen molar-refractivity contribution in [2.24, 2.45) is 5.92 Å². The Morgan fingerprint density at radius 3 is 2.48 bits per heavy atom. The molecule has 1 unspecified atom stereocenters. The smallest absolute Gasteiger partial charge is 0.244 e. The van der Waals surface area contributed by atoms with E-state index < -0.39 is 0 Å². The summed E-state index contributed by atoms with van der Waals surface area (Å²) < 4.78 is 0. The van der Waals surface area contributed by atoms with Crippen molar-refractivity contribution < 1.29 is 4.79 Å². The second-order valence-electron chi connectivity index (χ2n) is 7.13. The molecule has 2 aliphatic rings. The Kier molecular flexibility index (Phi) is 5.34. The third-order valence-electron chi connectivity index (χ3n) is 5.42. The van der Waals surface area contributed by atoms with E-state index in [0.717, 1.165) is 37.7 Å². The van der Waals surface area contributed by atoms with E-state index in [2.05, 4.69) is 23.8 Å². The molecule has 1 aromatic carbocycles. The Morgan fingerprint density at radius 2 is 1.78 bits per heavy atom. The number of anilines is 1. The molecule has 0 aliphatic carbocycles. The number of piperidine rings is 1. The molecular formula is C19H29N3O. The maximum Gasteiger partial charge on any atom is 0.244 e. The van der Waals surface area contributed by atoms with Crippen molar-refractivity contribution in [3.8, 4) is 0 Å². The molecule has 3 rings (SSSR count). The largest absolute Gasteiger partial charge is 0.311 e. The van der Waals surface area contributed by atoms with Crippen LogP contribution in [0.15, 0.2) is 30.3 Å². The number of carbonyl (C=O) groups excluding carboxylic acids is 1. The molecule has 0 saturated carbocycles. The monoisotopic (exact) mass is 315 g/mol. The molecule has 0 bridgehead atoms. The van der Waals surface area contributed by atoms with Crippen LogP contribution in [-0.4, -0.2) is 61.5 Å². The summed E-state index contributed by atoms with van der Waals surface area (Å²) in [6.45, 7) is 7.66. The van der Waals surface area contributed by atoms with Crippen LogP contribution in [0.25, 0.3) is 0 Å². The van der Waals surface area contributed by atoms with E-state index in [9.17, 15) is 4.79 Å². The van der Waals surface area contributed by atoms with Crippen molar-refractivity contribution in [1.82, 2.24) is 9.80 Å². The highest BCUT2D eigenvalue weighted by atomic mass is 16.2. The summed E-state index contributed by atoms with van der Waals surface area (Å²) in [5.41, 5.74) is 1.03. The zero-order valence-electron chi connectivity index (χ0n) is 14.4. The van der Waals surface area contributed by atoms with E-state index in [0.29, 0.717) is 0 Å². The van der Waals surface area contributed by atoms with Crippen LogP contribution in [-0.2, 0) is 4.79 Å². The third kappa shape index (κ3) is 3.93. The summed E-state index contributed by atoms with van der Waals surface area (Å²) in [6, 6.07) is 10.1. The Morgan fingerprint density at radius 1 is 1.09 bits per heavy atom. The molecular weight excluding hydrogens is 286 g/mol. The summed E-state index contributed by atoms with van der Waals surface area (Å²) >= 11 is 0. The Bertz CT molecular complexity index is 511. The highest BCUT2D eigenvalue weighted by Crippen LogP contribution is 2.23. The van der Waals surface area contributed by atoms with Crippen LogP contribution in [0, 0.1) is 5.92 Å². The number of carbonyl (C=O) groups is 1. The van der Waals surface area contributed by atoms with Crippen molar-refractivity contribution in [2.75, 3.05) is 44.7 Å². The highest BCUT2D eigenvalue weighted by Gasteiger charge is 2.35. The van der Waals surface area contributed by atoms with Gasteiger partial charge in [-0.3, -0.25) is 9.69 Å². The lowest BCUT2D eigenvalue weighted by molar-refractivity contribution is -0.121. The molecule has 1 amide bonds. The SMILES string of the molecule is CC1CCN(CCN(C)C2CCN(c3ccccc3)C2=O)CC1. The van der Waals surface area contributed by atoms with Gasteiger partial charge >= 0.3 is 0 Å². The maximum absolute atomic E-state index is 12.7. The van der Waals surface area contributed by atoms with E-state index in [1.807, 2.05) is 35.2 Å². The van der Waals surface area contributed by atoms with Gasteiger partial charge < -0.3 is 9.80 Å². The number of amides is 1. The minimum absolute atomic E-state index is 0.0407. The second-order valence-corrected chi connectivity index (χ2v) is 7.13. The maximum atomic E-state index is 12.7. The van der Waals surface area contributed by atoms with Crippen LogP contribution in [0.2, 0.25) is 0 Å². The fourth-order valence-electron chi connectivity index (χ4n) is 3.68. The van der Waals surface area contributed by atoms with Gasteiger partial charge in [-0.15, -0.1) is 0 Å². The number of nitrogens with zero attached hydrogens (tertiary/aromatic N) is 3. The normalized spacial score (nSPS) is 23.9. The zero-order valence-corrected chi connectivity index (χ0v) is 14.4. The van der Waals surface area contributed by atoms with Gasteiger partial charge in [0.25, 0.3) is 0 Å². The predicted molar refractivity (Wildman–Crippen MR) is 94.7 cm³/mol. The topological polar surface area (TPSA) is 26.8 Å². The summed E-state index contributed by atoms with van der Waals surface area (Å²) in [5.74, 6) is 1.13. The number of likely N-dealkylation sites (tertiary alicyclic amines) is 1. The first-order chi connectivity index (χ1) is 11.1. The van der Waals surface area contributed by atoms with Crippen LogP contribution < -0.4 is 4.90 Å². The quantitative estimate of drug-likeness (QED) is 0.835. The molecule has 23 heavy (non-hydrogen) atoms. The van der Waals surface area contributed by atoms with Gasteiger partial charge in [-0.25, -0.2) is 0 Å². The van der Waals surface area contributed by atoms with Crippen molar-refractivity contribution in [1.29, 1.82) is 0 Å². The number of rotatable bonds is 5. The van der Waals surface area contributed by atoms with Gasteiger partial charge in [0.2, 0.25) is 5.91 Å². The minimum Gasteiger partial charge on any atom is -0.311 e. The molecule has 2 fully saturated rings. The van der Waals surface area contributed by atoms with Crippen LogP contribution in [0.4, 0.5) is 5.69 Å². The van der Waals surface area contributed by atoms with Crippen molar-refractivity contribution in [3.63, 3.8) is 0 Å². The molecule has 126 valence electrons. The van der Waals surface area contributed by atoms with Gasteiger partial charge in [0.05, 0.1) is 6.04 Å². The average Bonchev–Trinajstić information content (AvgIpc) is 2.96. The average molecular weight is 315 g/mol. The lowest BCUT2D eigenvalue weighted by Gasteiger charge is -2.32. The molecule has 0 spiro atoms. The predicted octanol–water partition coefficient (Wildman–Crippen LogP) is 2.46. The fourth-order valence-corrected chi connectivity index (χ4v) is 3.68. The Balaban J connectivity index is 1.50. The first kappa shape index (κ1) is 16.5. The first-order valence-corrected chi connectivity index (χ1v) is 8.94. The second kappa shape index (κ2) is 7.45. The Hall–Kier alpha value is -1.39. The van der Waals surface area contributed by atoms with Crippen LogP contribution in [0.5, 0.6) is 0 Å². The lowest BCUT2D eigenvalue weighted by atomic mass is 9.99. The van der Waals surface area contributed by atoms with Crippen LogP contribution >= 0.6 is 0 Å². The van der Waals surface area contributed by atoms with E-state index in [4.69, 9.17) is 0 Å². The van der Waals surface area contributed by atoms with Gasteiger partial charge in [-0.1, -0.05) is 25.1 Å². The molecule has 4 nitrogen and oxygen atoms in total. The highest BCUT2D eigenvalue weighted by molar-refractivity contribution is 5.99. The van der Waals surface area contributed by atoms with Crippen molar-refractivity contribution in [2.45, 2.75) is 32.2 Å². The Labute approximate surface area is 140 Å². The number of hydrogen-bond donors (Lipinski definition) is 0. The standard InChI is InChI=1S/C19H29N3O/c1-16-8-11-21(12-9-16)15-14-20(2)18-10-13-22(19(18)23)17-6-4-3-5-7-17/h3-7,16,18H,8-15H2,1-2H3. The van der Waals surface area contributed by atoms with Gasteiger partial charge in [0.15, 0.2) is 0 Å². The van der Waals surface area contributed by atoms with E-state index in [-0.39, 0.29) is 11.9 Å². The first-order valence-electron chi connectivity index (χ1n) is 8.94. The van der Waals surface area contributed by atoms with E-state index >= 15 is 0 Å². The van der Waals surface area contributed by atoms with Crippen molar-refractivity contribution in [3.05, 3.63) is 30.3 Å². The van der Waals surface area contributed by atoms with Gasteiger partial charge in [-0.2, -0.15) is 0 Å². The number of hydrogen-bond acceptors (Lipinski definition) is 3. The zero-order chi connectivity index (χ0) is 16.2. The van der Waals surface area contributed by atoms with Gasteiger partial charge in [0.1, 0.15) is 0 Å². The molecule has 1 atom stereocenters. The minimum atomic E-state index is 0.0407. The molecule has 0 radical (unpaired) electrons. The van der Waals surface area contributed by atoms with E-state index in [1.54, 1.807) is 0 Å². The molecule has 0 N–H and O–H groups in total. The van der Waals surface area contributed by atoms with Crippen LogP contribution in [0.1, 0.15) is 26.2 Å². The lowest BCUT2D eigenvalue weighted by Crippen LogP contribution is -2.44. The van der Waals surface area contributed by atoms with Crippen molar-refractivity contribution >= 4 is 11.6 Å². The number of likely N-dealkylation sites (N-methyl/N-ethyl adjacent to an activating group) is 1. The van der Waals surface area contributed by atoms with E-state index in [1.165, 1.54) is 25.9 Å². The molecule has 0 aromatic heterocycles. The van der Waals surface area contributed by atoms with Gasteiger partial charge in [-0.05, 0) is 57.5 Å².